The lowest BCUT2D eigenvalue weighted by atomic mass is 9.91. The van der Waals surface area contributed by atoms with Crippen LogP contribution in [0.25, 0.3) is 11.3 Å². The highest BCUT2D eigenvalue weighted by atomic mass is 16.2. The monoisotopic (exact) mass is 370 g/mol. The Morgan fingerprint density at radius 1 is 0.964 bits per heavy atom. The average molecular weight is 370 g/mol. The van der Waals surface area contributed by atoms with Gasteiger partial charge in [-0.3, -0.25) is 9.78 Å². The van der Waals surface area contributed by atoms with E-state index < -0.39 is 0 Å². The quantitative estimate of drug-likeness (QED) is 0.591. The second-order valence-electron chi connectivity index (χ2n) is 7.87. The molecule has 0 saturated heterocycles. The van der Waals surface area contributed by atoms with Gasteiger partial charge in [-0.2, -0.15) is 0 Å². The molecule has 3 aromatic rings. The molecule has 28 heavy (non-hydrogen) atoms. The Morgan fingerprint density at radius 2 is 1.64 bits per heavy atom. The highest BCUT2D eigenvalue weighted by molar-refractivity contribution is 5.97. The maximum absolute atomic E-state index is 13.3. The van der Waals surface area contributed by atoms with Crippen LogP contribution in [-0.4, -0.2) is 22.3 Å². The molecule has 0 N–H and O–H groups in total. The number of benzene rings is 2. The van der Waals surface area contributed by atoms with Gasteiger partial charge in [-0.05, 0) is 30.0 Å². The van der Waals surface area contributed by atoms with Crippen molar-refractivity contribution in [3.63, 3.8) is 0 Å². The lowest BCUT2D eigenvalue weighted by Crippen LogP contribution is -2.41. The van der Waals surface area contributed by atoms with E-state index in [0.29, 0.717) is 5.92 Å². The van der Waals surface area contributed by atoms with Gasteiger partial charge in [0.2, 0.25) is 0 Å². The fraction of sp³-hybridized carbons (Fsp3) is 0.280. The van der Waals surface area contributed by atoms with Gasteiger partial charge >= 0.3 is 0 Å². The molecule has 0 aliphatic carbocycles. The van der Waals surface area contributed by atoms with Crippen molar-refractivity contribution in [2.24, 2.45) is 5.92 Å². The molecule has 0 fully saturated rings. The Morgan fingerprint density at radius 3 is 2.32 bits per heavy atom. The maximum Gasteiger partial charge on any atom is 0.256 e. The summed E-state index contributed by atoms with van der Waals surface area (Å²) in [5, 5.41) is 0. The molecule has 1 atom stereocenters. The van der Waals surface area contributed by atoms with Crippen LogP contribution in [0.1, 0.15) is 47.9 Å². The Balaban J connectivity index is 1.73. The summed E-state index contributed by atoms with van der Waals surface area (Å²) in [6.07, 6.45) is 1.75. The lowest BCUT2D eigenvalue weighted by Gasteiger charge is -2.37. The first-order valence-corrected chi connectivity index (χ1v) is 10.0. The second-order valence-corrected chi connectivity index (χ2v) is 7.87. The van der Waals surface area contributed by atoms with Crippen molar-refractivity contribution in [2.45, 2.75) is 32.7 Å². The number of amides is 1. The highest BCUT2D eigenvalue weighted by Gasteiger charge is 2.34. The van der Waals surface area contributed by atoms with Crippen LogP contribution in [0.5, 0.6) is 0 Å². The molecule has 1 aromatic heterocycles. The van der Waals surface area contributed by atoms with Crippen LogP contribution in [0.4, 0.5) is 0 Å². The van der Waals surface area contributed by atoms with Crippen molar-refractivity contribution in [1.82, 2.24) is 9.88 Å². The van der Waals surface area contributed by atoms with Crippen molar-refractivity contribution in [3.8, 4) is 11.3 Å². The van der Waals surface area contributed by atoms with E-state index in [1.807, 2.05) is 53.4 Å². The summed E-state index contributed by atoms with van der Waals surface area (Å²) >= 11 is 0. The van der Waals surface area contributed by atoms with E-state index in [-0.39, 0.29) is 11.9 Å². The summed E-state index contributed by atoms with van der Waals surface area (Å²) < 4.78 is 0. The van der Waals surface area contributed by atoms with Gasteiger partial charge < -0.3 is 4.90 Å². The van der Waals surface area contributed by atoms with Crippen LogP contribution in [0, 0.1) is 5.92 Å². The molecule has 2 heterocycles. The van der Waals surface area contributed by atoms with Crippen molar-refractivity contribution in [2.75, 3.05) is 6.54 Å². The third-order valence-corrected chi connectivity index (χ3v) is 5.43. The number of fused-ring (bicyclic) bond motifs is 1. The minimum Gasteiger partial charge on any atom is -0.331 e. The second kappa shape index (κ2) is 7.97. The summed E-state index contributed by atoms with van der Waals surface area (Å²) in [4.78, 5) is 20.3. The first-order valence-electron chi connectivity index (χ1n) is 10.0. The number of nitrogens with zero attached hydrogens (tertiary/aromatic N) is 2. The SMILES string of the molecule is CC(C)CCN1C(=O)c2ccc(-c3ccccc3)nc2CC1c1ccccc1. The Bertz CT molecular complexity index is 951. The van der Waals surface area contributed by atoms with E-state index in [2.05, 4.69) is 38.1 Å². The van der Waals surface area contributed by atoms with Crippen LogP contribution in [0.15, 0.2) is 72.8 Å². The predicted molar refractivity (Wildman–Crippen MR) is 113 cm³/mol. The van der Waals surface area contributed by atoms with Crippen molar-refractivity contribution in [1.29, 1.82) is 0 Å². The highest BCUT2D eigenvalue weighted by Crippen LogP contribution is 2.34. The first kappa shape index (κ1) is 18.4. The fourth-order valence-electron chi connectivity index (χ4n) is 3.84. The van der Waals surface area contributed by atoms with Gasteiger partial charge in [0, 0.05) is 18.5 Å². The predicted octanol–water partition coefficient (Wildman–Crippen LogP) is 5.53. The van der Waals surface area contributed by atoms with Gasteiger partial charge in [-0.25, -0.2) is 0 Å². The number of hydrogen-bond donors (Lipinski definition) is 0. The zero-order chi connectivity index (χ0) is 19.5. The van der Waals surface area contributed by atoms with Crippen LogP contribution < -0.4 is 0 Å². The van der Waals surface area contributed by atoms with Crippen LogP contribution in [0.3, 0.4) is 0 Å². The number of aromatic nitrogens is 1. The van der Waals surface area contributed by atoms with Gasteiger partial charge in [0.05, 0.1) is 23.0 Å². The molecule has 0 saturated carbocycles. The molecule has 1 unspecified atom stereocenters. The Hall–Kier alpha value is -2.94. The van der Waals surface area contributed by atoms with Crippen LogP contribution in [-0.2, 0) is 6.42 Å². The molecule has 0 bridgehead atoms. The fourth-order valence-corrected chi connectivity index (χ4v) is 3.84. The Labute approximate surface area is 167 Å². The zero-order valence-electron chi connectivity index (χ0n) is 16.5. The van der Waals surface area contributed by atoms with Gasteiger partial charge in [-0.15, -0.1) is 0 Å². The summed E-state index contributed by atoms with van der Waals surface area (Å²) in [5.41, 5.74) is 4.83. The molecule has 1 aliphatic rings. The average Bonchev–Trinajstić information content (AvgIpc) is 2.73. The third-order valence-electron chi connectivity index (χ3n) is 5.43. The molecule has 3 heteroatoms. The van der Waals surface area contributed by atoms with E-state index >= 15 is 0 Å². The molecule has 4 rings (SSSR count). The summed E-state index contributed by atoms with van der Waals surface area (Å²) in [5.74, 6) is 0.659. The topological polar surface area (TPSA) is 33.2 Å². The zero-order valence-corrected chi connectivity index (χ0v) is 16.5. The number of pyridine rings is 1. The maximum atomic E-state index is 13.3. The van der Waals surface area contributed by atoms with Gasteiger partial charge in [0.25, 0.3) is 5.91 Å². The largest absolute Gasteiger partial charge is 0.331 e. The molecule has 2 aromatic carbocycles. The molecule has 3 nitrogen and oxygen atoms in total. The first-order chi connectivity index (χ1) is 13.6. The molecule has 142 valence electrons. The summed E-state index contributed by atoms with van der Waals surface area (Å²) in [6, 6.07) is 24.5. The third kappa shape index (κ3) is 3.70. The molecule has 0 spiro atoms. The minimum absolute atomic E-state index is 0.0403. The number of hydrogen-bond acceptors (Lipinski definition) is 2. The molecule has 1 amide bonds. The van der Waals surface area contributed by atoms with Crippen molar-refractivity contribution in [3.05, 3.63) is 89.6 Å². The van der Waals surface area contributed by atoms with Gasteiger partial charge in [-0.1, -0.05) is 74.5 Å². The number of rotatable bonds is 5. The van der Waals surface area contributed by atoms with Crippen LogP contribution >= 0.6 is 0 Å². The van der Waals surface area contributed by atoms with Gasteiger partial charge in [0.15, 0.2) is 0 Å². The Kier molecular flexibility index (Phi) is 5.25. The minimum atomic E-state index is 0.0403. The normalized spacial score (nSPS) is 16.3. The molecule has 0 radical (unpaired) electrons. The lowest BCUT2D eigenvalue weighted by molar-refractivity contribution is 0.0634. The smallest absolute Gasteiger partial charge is 0.256 e. The van der Waals surface area contributed by atoms with E-state index in [4.69, 9.17) is 4.98 Å². The number of carbonyl (C=O) groups is 1. The van der Waals surface area contributed by atoms with E-state index in [1.54, 1.807) is 0 Å². The molecule has 1 aliphatic heterocycles. The summed E-state index contributed by atoms with van der Waals surface area (Å²) in [6.45, 7) is 5.18. The van der Waals surface area contributed by atoms with Crippen LogP contribution in [0.2, 0.25) is 0 Å². The van der Waals surface area contributed by atoms with E-state index in [0.717, 1.165) is 41.9 Å². The summed E-state index contributed by atoms with van der Waals surface area (Å²) in [7, 11) is 0. The van der Waals surface area contributed by atoms with Crippen molar-refractivity contribution >= 4 is 5.91 Å². The van der Waals surface area contributed by atoms with Crippen molar-refractivity contribution < 1.29 is 4.79 Å². The van der Waals surface area contributed by atoms with Gasteiger partial charge in [0.1, 0.15) is 0 Å². The van der Waals surface area contributed by atoms with E-state index in [9.17, 15) is 4.79 Å². The molecular weight excluding hydrogens is 344 g/mol. The molecular formula is C25H26N2O. The standard InChI is InChI=1S/C25H26N2O/c1-18(2)15-16-27-24(20-11-7-4-8-12-20)17-23-21(25(27)28)13-14-22(26-23)19-9-5-3-6-10-19/h3-14,18,24H,15-17H2,1-2H3. The van der Waals surface area contributed by atoms with E-state index in [1.165, 1.54) is 5.56 Å². The number of carbonyl (C=O) groups excluding carboxylic acids is 1.